The number of aliphatic hydroxyl groups is 1. The Morgan fingerprint density at radius 3 is 2.46 bits per heavy atom. The zero-order valence-corrected chi connectivity index (χ0v) is 9.16. The molecule has 2 heteroatoms. The number of halogens is 1. The van der Waals surface area contributed by atoms with Gasteiger partial charge < -0.3 is 5.11 Å². The quantitative estimate of drug-likeness (QED) is 0.843. The Bertz CT molecular complexity index is 291. The van der Waals surface area contributed by atoms with Crippen molar-refractivity contribution in [3.8, 4) is 0 Å². The lowest BCUT2D eigenvalue weighted by Crippen LogP contribution is -2.03. The van der Waals surface area contributed by atoms with E-state index in [2.05, 4.69) is 40.2 Å². The molecule has 0 amide bonds. The monoisotopic (exact) mass is 240 g/mol. The highest BCUT2D eigenvalue weighted by Gasteiger charge is 2.41. The molecule has 0 saturated heterocycles. The SMILES string of the molecule is C[C@H](O)[C@H]1C[C@H]1c1ccc(Br)cc1. The molecular weight excluding hydrogens is 228 g/mol. The Hall–Kier alpha value is -0.340. The van der Waals surface area contributed by atoms with E-state index >= 15 is 0 Å². The van der Waals surface area contributed by atoms with E-state index in [4.69, 9.17) is 0 Å². The lowest BCUT2D eigenvalue weighted by Gasteiger charge is -2.02. The minimum Gasteiger partial charge on any atom is -0.393 e. The first-order valence-corrected chi connectivity index (χ1v) is 5.41. The second-order valence-corrected chi connectivity index (χ2v) is 4.71. The van der Waals surface area contributed by atoms with Gasteiger partial charge in [0.15, 0.2) is 0 Å². The smallest absolute Gasteiger partial charge is 0.0546 e. The standard InChI is InChI=1S/C11H13BrO/c1-7(13)10-6-11(10)8-2-4-9(12)5-3-8/h2-5,7,10-11,13H,6H2,1H3/t7-,10+,11-/m0/s1. The molecule has 1 aromatic rings. The van der Waals surface area contributed by atoms with Crippen LogP contribution in [0.15, 0.2) is 28.7 Å². The van der Waals surface area contributed by atoms with Crippen LogP contribution in [0.2, 0.25) is 0 Å². The van der Waals surface area contributed by atoms with E-state index in [0.717, 1.165) is 10.9 Å². The van der Waals surface area contributed by atoms with Crippen molar-refractivity contribution in [2.75, 3.05) is 0 Å². The van der Waals surface area contributed by atoms with Crippen LogP contribution in [0.25, 0.3) is 0 Å². The van der Waals surface area contributed by atoms with Crippen LogP contribution >= 0.6 is 15.9 Å². The van der Waals surface area contributed by atoms with Crippen molar-refractivity contribution in [3.05, 3.63) is 34.3 Å². The molecule has 1 saturated carbocycles. The van der Waals surface area contributed by atoms with Crippen molar-refractivity contribution >= 4 is 15.9 Å². The average molecular weight is 241 g/mol. The van der Waals surface area contributed by atoms with Gasteiger partial charge in [-0.15, -0.1) is 0 Å². The fourth-order valence-corrected chi connectivity index (χ4v) is 2.11. The Balaban J connectivity index is 2.08. The topological polar surface area (TPSA) is 20.2 Å². The van der Waals surface area contributed by atoms with E-state index in [1.54, 1.807) is 0 Å². The van der Waals surface area contributed by atoms with Crippen LogP contribution in [0, 0.1) is 5.92 Å². The van der Waals surface area contributed by atoms with Gasteiger partial charge in [0.1, 0.15) is 0 Å². The third-order valence-corrected chi connectivity index (χ3v) is 3.29. The summed E-state index contributed by atoms with van der Waals surface area (Å²) in [7, 11) is 0. The van der Waals surface area contributed by atoms with Gasteiger partial charge in [-0.2, -0.15) is 0 Å². The molecule has 0 aromatic heterocycles. The molecule has 1 N–H and O–H groups in total. The van der Waals surface area contributed by atoms with Gasteiger partial charge in [-0.1, -0.05) is 28.1 Å². The molecule has 3 atom stereocenters. The molecule has 1 nitrogen and oxygen atoms in total. The van der Waals surface area contributed by atoms with Crippen molar-refractivity contribution in [2.45, 2.75) is 25.4 Å². The van der Waals surface area contributed by atoms with Gasteiger partial charge in [0, 0.05) is 4.47 Å². The molecule has 0 heterocycles. The number of hydrogen-bond donors (Lipinski definition) is 1. The first-order valence-electron chi connectivity index (χ1n) is 4.62. The molecule has 0 radical (unpaired) electrons. The summed E-state index contributed by atoms with van der Waals surface area (Å²) in [6, 6.07) is 8.40. The molecule has 70 valence electrons. The molecular formula is C11H13BrO. The number of aliphatic hydroxyl groups excluding tert-OH is 1. The zero-order valence-electron chi connectivity index (χ0n) is 7.57. The fourth-order valence-electron chi connectivity index (χ4n) is 1.84. The maximum Gasteiger partial charge on any atom is 0.0546 e. The average Bonchev–Trinajstić information content (AvgIpc) is 2.85. The first kappa shape index (κ1) is 9.22. The molecule has 1 aromatic carbocycles. The van der Waals surface area contributed by atoms with Gasteiger partial charge in [0.2, 0.25) is 0 Å². The van der Waals surface area contributed by atoms with Gasteiger partial charge in [-0.05, 0) is 42.9 Å². The number of hydrogen-bond acceptors (Lipinski definition) is 1. The van der Waals surface area contributed by atoms with Crippen LogP contribution in [0.3, 0.4) is 0 Å². The highest BCUT2D eigenvalue weighted by molar-refractivity contribution is 9.10. The molecule has 1 aliphatic carbocycles. The van der Waals surface area contributed by atoms with Crippen molar-refractivity contribution in [3.63, 3.8) is 0 Å². The van der Waals surface area contributed by atoms with Crippen molar-refractivity contribution < 1.29 is 5.11 Å². The van der Waals surface area contributed by atoms with Gasteiger partial charge >= 0.3 is 0 Å². The Kier molecular flexibility index (Phi) is 2.43. The molecule has 1 fully saturated rings. The second kappa shape index (κ2) is 3.43. The molecule has 1 aliphatic rings. The zero-order chi connectivity index (χ0) is 9.42. The molecule has 0 bridgehead atoms. The first-order chi connectivity index (χ1) is 6.18. The normalized spacial score (nSPS) is 28.5. The lowest BCUT2D eigenvalue weighted by atomic mass is 10.1. The van der Waals surface area contributed by atoms with E-state index in [9.17, 15) is 5.11 Å². The predicted octanol–water partition coefficient (Wildman–Crippen LogP) is 2.93. The largest absolute Gasteiger partial charge is 0.393 e. The summed E-state index contributed by atoms with van der Waals surface area (Å²) in [6.45, 7) is 1.88. The Morgan fingerprint density at radius 2 is 2.00 bits per heavy atom. The predicted molar refractivity (Wildman–Crippen MR) is 56.7 cm³/mol. The van der Waals surface area contributed by atoms with E-state index in [1.165, 1.54) is 5.56 Å². The third kappa shape index (κ3) is 1.94. The van der Waals surface area contributed by atoms with E-state index < -0.39 is 0 Å². The second-order valence-electron chi connectivity index (χ2n) is 3.80. The fraction of sp³-hybridized carbons (Fsp3) is 0.455. The van der Waals surface area contributed by atoms with Crippen molar-refractivity contribution in [1.82, 2.24) is 0 Å². The minimum atomic E-state index is -0.159. The summed E-state index contributed by atoms with van der Waals surface area (Å²) in [5, 5.41) is 9.37. The van der Waals surface area contributed by atoms with Crippen LogP contribution in [0.4, 0.5) is 0 Å². The highest BCUT2D eigenvalue weighted by atomic mass is 79.9. The van der Waals surface area contributed by atoms with Crippen molar-refractivity contribution in [2.24, 2.45) is 5.92 Å². The Labute approximate surface area is 86.9 Å². The number of rotatable bonds is 2. The third-order valence-electron chi connectivity index (χ3n) is 2.76. The van der Waals surface area contributed by atoms with Gasteiger partial charge in [-0.3, -0.25) is 0 Å². The van der Waals surface area contributed by atoms with E-state index in [-0.39, 0.29) is 6.10 Å². The molecule has 0 spiro atoms. The molecule has 2 rings (SSSR count). The highest BCUT2D eigenvalue weighted by Crippen LogP contribution is 2.49. The van der Waals surface area contributed by atoms with Crippen LogP contribution in [0.5, 0.6) is 0 Å². The van der Waals surface area contributed by atoms with Crippen LogP contribution in [-0.4, -0.2) is 11.2 Å². The van der Waals surface area contributed by atoms with Crippen LogP contribution in [-0.2, 0) is 0 Å². The summed E-state index contributed by atoms with van der Waals surface area (Å²) in [4.78, 5) is 0. The van der Waals surface area contributed by atoms with E-state index in [1.807, 2.05) is 6.92 Å². The molecule has 13 heavy (non-hydrogen) atoms. The minimum absolute atomic E-state index is 0.159. The van der Waals surface area contributed by atoms with Crippen molar-refractivity contribution in [1.29, 1.82) is 0 Å². The summed E-state index contributed by atoms with van der Waals surface area (Å²) < 4.78 is 1.12. The number of benzene rings is 1. The summed E-state index contributed by atoms with van der Waals surface area (Å²) >= 11 is 3.41. The molecule has 0 aliphatic heterocycles. The summed E-state index contributed by atoms with van der Waals surface area (Å²) in [6.07, 6.45) is 0.980. The Morgan fingerprint density at radius 1 is 1.38 bits per heavy atom. The lowest BCUT2D eigenvalue weighted by molar-refractivity contribution is 0.169. The molecule has 0 unspecified atom stereocenters. The van der Waals surface area contributed by atoms with Crippen LogP contribution < -0.4 is 0 Å². The summed E-state index contributed by atoms with van der Waals surface area (Å²) in [5.41, 5.74) is 1.36. The maximum absolute atomic E-state index is 9.37. The van der Waals surface area contributed by atoms with E-state index in [0.29, 0.717) is 11.8 Å². The van der Waals surface area contributed by atoms with Gasteiger partial charge in [-0.25, -0.2) is 0 Å². The maximum atomic E-state index is 9.37. The van der Waals surface area contributed by atoms with Gasteiger partial charge in [0.25, 0.3) is 0 Å². The van der Waals surface area contributed by atoms with Gasteiger partial charge in [0.05, 0.1) is 6.10 Å². The van der Waals surface area contributed by atoms with Crippen LogP contribution in [0.1, 0.15) is 24.8 Å². The summed E-state index contributed by atoms with van der Waals surface area (Å²) in [5.74, 6) is 1.08.